The molecule has 2 heterocycles. The third kappa shape index (κ3) is 3.97. The summed E-state index contributed by atoms with van der Waals surface area (Å²) in [5.74, 6) is 0. The maximum atomic E-state index is 12.8. The third-order valence-corrected chi connectivity index (χ3v) is 4.64. The van der Waals surface area contributed by atoms with Crippen LogP contribution in [0, 0.1) is 0 Å². The summed E-state index contributed by atoms with van der Waals surface area (Å²) in [5, 5.41) is 10.9. The van der Waals surface area contributed by atoms with Crippen LogP contribution < -0.4 is 4.90 Å². The van der Waals surface area contributed by atoms with Crippen molar-refractivity contribution >= 4 is 11.8 Å². The van der Waals surface area contributed by atoms with E-state index in [1.165, 1.54) is 0 Å². The summed E-state index contributed by atoms with van der Waals surface area (Å²) in [7, 11) is 0. The van der Waals surface area contributed by atoms with E-state index in [0.717, 1.165) is 24.3 Å². The Kier molecular flexibility index (Phi) is 5.04. The van der Waals surface area contributed by atoms with Gasteiger partial charge in [0.2, 0.25) is 0 Å². The topological polar surface area (TPSA) is 62.2 Å². The second-order valence-electron chi connectivity index (χ2n) is 7.84. The smallest absolute Gasteiger partial charge is 0.414 e. The van der Waals surface area contributed by atoms with E-state index in [0.29, 0.717) is 13.2 Å². The monoisotopic (exact) mass is 348 g/mol. The van der Waals surface area contributed by atoms with Gasteiger partial charge in [-0.25, -0.2) is 4.79 Å². The lowest BCUT2D eigenvalue weighted by Crippen LogP contribution is -2.56. The number of rotatable bonds is 1. The number of amides is 1. The Morgan fingerprint density at radius 2 is 2.00 bits per heavy atom. The van der Waals surface area contributed by atoms with Crippen LogP contribution in [0.5, 0.6) is 0 Å². The zero-order chi connectivity index (χ0) is 18.2. The van der Waals surface area contributed by atoms with Gasteiger partial charge in [-0.3, -0.25) is 9.80 Å². The molecule has 1 aromatic carbocycles. The first-order chi connectivity index (χ1) is 11.8. The van der Waals surface area contributed by atoms with Crippen LogP contribution in [0.2, 0.25) is 0 Å². The SMILES string of the molecule is C[C@@H]1CN([C@H]2CN(C(=O)OC(C)(C)C)c3ccccc3[C@H]2O)CCO1. The Bertz CT molecular complexity index is 628. The highest BCUT2D eigenvalue weighted by molar-refractivity contribution is 5.90. The molecule has 0 unspecified atom stereocenters. The molecule has 1 saturated heterocycles. The molecule has 0 aliphatic carbocycles. The lowest BCUT2D eigenvalue weighted by Gasteiger charge is -2.45. The molecule has 3 atom stereocenters. The number of aliphatic hydroxyl groups is 1. The molecule has 0 saturated carbocycles. The summed E-state index contributed by atoms with van der Waals surface area (Å²) >= 11 is 0. The molecule has 2 aliphatic rings. The number of ether oxygens (including phenoxy) is 2. The zero-order valence-corrected chi connectivity index (χ0v) is 15.4. The second-order valence-corrected chi connectivity index (χ2v) is 7.84. The predicted molar refractivity (Wildman–Crippen MR) is 95.8 cm³/mol. The standard InChI is InChI=1S/C19H28N2O4/c1-13-11-20(9-10-24-13)16-12-21(18(23)25-19(2,3)4)15-8-6-5-7-14(15)17(16)22/h5-8,13,16-17,22H,9-12H2,1-4H3/t13-,16+,17-/m1/s1. The van der Waals surface area contributed by atoms with Crippen LogP contribution in [0.1, 0.15) is 39.4 Å². The number of fused-ring (bicyclic) bond motifs is 1. The minimum Gasteiger partial charge on any atom is -0.443 e. The lowest BCUT2D eigenvalue weighted by atomic mass is 9.93. The van der Waals surface area contributed by atoms with E-state index < -0.39 is 11.7 Å². The van der Waals surface area contributed by atoms with Gasteiger partial charge in [-0.2, -0.15) is 0 Å². The van der Waals surface area contributed by atoms with Crippen molar-refractivity contribution in [1.29, 1.82) is 0 Å². The summed E-state index contributed by atoms with van der Waals surface area (Å²) in [4.78, 5) is 16.6. The normalized spacial score (nSPS) is 27.7. The largest absolute Gasteiger partial charge is 0.443 e. The predicted octanol–water partition coefficient (Wildman–Crippen LogP) is 2.56. The van der Waals surface area contributed by atoms with Gasteiger partial charge in [0.1, 0.15) is 5.60 Å². The van der Waals surface area contributed by atoms with Crippen LogP contribution in [0.25, 0.3) is 0 Å². The van der Waals surface area contributed by atoms with Gasteiger partial charge in [0, 0.05) is 25.2 Å². The first-order valence-electron chi connectivity index (χ1n) is 8.89. The maximum absolute atomic E-state index is 12.8. The van der Waals surface area contributed by atoms with E-state index in [-0.39, 0.29) is 18.2 Å². The molecule has 6 heteroatoms. The fourth-order valence-corrected chi connectivity index (χ4v) is 3.53. The van der Waals surface area contributed by atoms with Crippen molar-refractivity contribution < 1.29 is 19.4 Å². The van der Waals surface area contributed by atoms with Crippen molar-refractivity contribution in [2.75, 3.05) is 31.1 Å². The Balaban J connectivity index is 1.90. The summed E-state index contributed by atoms with van der Waals surface area (Å²) in [6.45, 7) is 10.1. The van der Waals surface area contributed by atoms with Gasteiger partial charge in [0.25, 0.3) is 0 Å². The lowest BCUT2D eigenvalue weighted by molar-refractivity contribution is -0.0582. The van der Waals surface area contributed by atoms with Crippen LogP contribution in [-0.2, 0) is 9.47 Å². The Labute approximate surface area is 149 Å². The number of aliphatic hydroxyl groups excluding tert-OH is 1. The fraction of sp³-hybridized carbons (Fsp3) is 0.632. The van der Waals surface area contributed by atoms with E-state index in [4.69, 9.17) is 9.47 Å². The molecule has 25 heavy (non-hydrogen) atoms. The molecule has 1 fully saturated rings. The molecular formula is C19H28N2O4. The van der Waals surface area contributed by atoms with Crippen molar-refractivity contribution in [1.82, 2.24) is 4.90 Å². The Morgan fingerprint density at radius 3 is 2.68 bits per heavy atom. The number of carbonyl (C=O) groups excluding carboxylic acids is 1. The highest BCUT2D eigenvalue weighted by Gasteiger charge is 2.40. The number of benzene rings is 1. The summed E-state index contributed by atoms with van der Waals surface area (Å²) in [5.41, 5.74) is 0.927. The van der Waals surface area contributed by atoms with Gasteiger partial charge < -0.3 is 14.6 Å². The quantitative estimate of drug-likeness (QED) is 0.845. The highest BCUT2D eigenvalue weighted by atomic mass is 16.6. The Morgan fingerprint density at radius 1 is 1.28 bits per heavy atom. The van der Waals surface area contributed by atoms with Gasteiger partial charge in [-0.05, 0) is 33.8 Å². The number of morpholine rings is 1. The van der Waals surface area contributed by atoms with E-state index >= 15 is 0 Å². The van der Waals surface area contributed by atoms with Crippen molar-refractivity contribution in [2.45, 2.75) is 51.5 Å². The molecule has 1 aromatic rings. The molecule has 6 nitrogen and oxygen atoms in total. The summed E-state index contributed by atoms with van der Waals surface area (Å²) in [6, 6.07) is 7.34. The number of para-hydroxylation sites is 1. The average Bonchev–Trinajstić information content (AvgIpc) is 2.53. The molecule has 1 amide bonds. The minimum absolute atomic E-state index is 0.119. The van der Waals surface area contributed by atoms with Crippen LogP contribution in [0.4, 0.5) is 10.5 Å². The summed E-state index contributed by atoms with van der Waals surface area (Å²) in [6.07, 6.45) is -0.897. The van der Waals surface area contributed by atoms with Gasteiger partial charge in [0.15, 0.2) is 0 Å². The van der Waals surface area contributed by atoms with E-state index in [1.54, 1.807) is 4.90 Å². The number of hydrogen-bond donors (Lipinski definition) is 1. The molecular weight excluding hydrogens is 320 g/mol. The number of anilines is 1. The first-order valence-corrected chi connectivity index (χ1v) is 8.89. The third-order valence-electron chi connectivity index (χ3n) is 4.64. The van der Waals surface area contributed by atoms with Gasteiger partial charge in [0.05, 0.1) is 30.5 Å². The number of nitrogens with zero attached hydrogens (tertiary/aromatic N) is 2. The van der Waals surface area contributed by atoms with Crippen molar-refractivity contribution in [3.8, 4) is 0 Å². The summed E-state index contributed by atoms with van der Waals surface area (Å²) < 4.78 is 11.2. The van der Waals surface area contributed by atoms with Gasteiger partial charge in [-0.15, -0.1) is 0 Å². The molecule has 0 bridgehead atoms. The highest BCUT2D eigenvalue weighted by Crippen LogP contribution is 2.37. The van der Waals surface area contributed by atoms with Gasteiger partial charge in [-0.1, -0.05) is 18.2 Å². The molecule has 1 N–H and O–H groups in total. The van der Waals surface area contributed by atoms with Crippen LogP contribution >= 0.6 is 0 Å². The van der Waals surface area contributed by atoms with Crippen molar-refractivity contribution in [3.05, 3.63) is 29.8 Å². The molecule has 2 aliphatic heterocycles. The fourth-order valence-electron chi connectivity index (χ4n) is 3.53. The second kappa shape index (κ2) is 6.94. The van der Waals surface area contributed by atoms with E-state index in [1.807, 2.05) is 52.0 Å². The molecule has 0 spiro atoms. The molecule has 138 valence electrons. The van der Waals surface area contributed by atoms with E-state index in [2.05, 4.69) is 4.90 Å². The minimum atomic E-state index is -0.639. The van der Waals surface area contributed by atoms with Crippen molar-refractivity contribution in [3.63, 3.8) is 0 Å². The van der Waals surface area contributed by atoms with Crippen LogP contribution in [0.15, 0.2) is 24.3 Å². The number of hydrogen-bond acceptors (Lipinski definition) is 5. The average molecular weight is 348 g/mol. The van der Waals surface area contributed by atoms with Gasteiger partial charge >= 0.3 is 6.09 Å². The first kappa shape index (κ1) is 18.2. The zero-order valence-electron chi connectivity index (χ0n) is 15.4. The van der Waals surface area contributed by atoms with Crippen LogP contribution in [-0.4, -0.2) is 60.1 Å². The molecule has 0 aromatic heterocycles. The number of carbonyl (C=O) groups is 1. The Hall–Kier alpha value is -1.63. The molecule has 3 rings (SSSR count). The van der Waals surface area contributed by atoms with Crippen molar-refractivity contribution in [2.24, 2.45) is 0 Å². The maximum Gasteiger partial charge on any atom is 0.414 e. The van der Waals surface area contributed by atoms with Crippen LogP contribution in [0.3, 0.4) is 0 Å². The van der Waals surface area contributed by atoms with E-state index in [9.17, 15) is 9.90 Å². The molecule has 0 radical (unpaired) electrons.